The Labute approximate surface area is 109 Å². The molecule has 20 heavy (non-hydrogen) atoms. The second-order valence-electron chi connectivity index (χ2n) is 3.69. The number of rotatable bonds is 2. The van der Waals surface area contributed by atoms with Crippen LogP contribution in [0.25, 0.3) is 0 Å². The number of nitrogens with one attached hydrogen (secondary N) is 2. The molecule has 0 saturated carbocycles. The fraction of sp³-hybridized carbons (Fsp3) is 0.100. The van der Waals surface area contributed by atoms with Crippen molar-refractivity contribution in [3.63, 3.8) is 0 Å². The average Bonchev–Trinajstić information content (AvgIpc) is 2.77. The lowest BCUT2D eigenvalue weighted by Gasteiger charge is -2.10. The zero-order valence-corrected chi connectivity index (χ0v) is 9.62. The van der Waals surface area contributed by atoms with Gasteiger partial charge in [-0.15, -0.1) is 5.10 Å². The Hall–Kier alpha value is -2.65. The van der Waals surface area contributed by atoms with Crippen LogP contribution in [-0.2, 0) is 6.18 Å². The maximum absolute atomic E-state index is 13.1. The summed E-state index contributed by atoms with van der Waals surface area (Å²) in [6.45, 7) is 0. The highest BCUT2D eigenvalue weighted by atomic mass is 19.4. The van der Waals surface area contributed by atoms with E-state index in [4.69, 9.17) is 5.73 Å². The van der Waals surface area contributed by atoms with Gasteiger partial charge in [0, 0.05) is 5.69 Å². The minimum absolute atomic E-state index is 0.190. The number of H-pyrrole nitrogens is 1. The lowest BCUT2D eigenvalue weighted by atomic mass is 10.2. The number of nitrogens with zero attached hydrogens (tertiary/aromatic N) is 2. The fourth-order valence-corrected chi connectivity index (χ4v) is 1.39. The molecule has 1 aromatic carbocycles. The Bertz CT molecular complexity index is 651. The van der Waals surface area contributed by atoms with Crippen LogP contribution in [0.2, 0.25) is 0 Å². The first-order chi connectivity index (χ1) is 9.27. The van der Waals surface area contributed by atoms with E-state index in [9.17, 15) is 22.4 Å². The first kappa shape index (κ1) is 13.8. The summed E-state index contributed by atoms with van der Waals surface area (Å²) in [7, 11) is 0. The Balaban J connectivity index is 2.24. The zero-order chi connectivity index (χ0) is 14.9. The van der Waals surface area contributed by atoms with Crippen molar-refractivity contribution < 1.29 is 22.4 Å². The minimum atomic E-state index is -4.86. The van der Waals surface area contributed by atoms with Crippen LogP contribution in [0.4, 0.5) is 29.2 Å². The van der Waals surface area contributed by atoms with E-state index in [0.717, 1.165) is 6.07 Å². The normalized spacial score (nSPS) is 11.4. The molecule has 0 saturated heterocycles. The molecule has 0 radical (unpaired) electrons. The van der Waals surface area contributed by atoms with Crippen molar-refractivity contribution in [3.8, 4) is 0 Å². The molecule has 2 aromatic rings. The third-order valence-corrected chi connectivity index (χ3v) is 2.25. The van der Waals surface area contributed by atoms with Gasteiger partial charge in [0.1, 0.15) is 5.82 Å². The molecule has 106 valence electrons. The number of aromatic nitrogens is 3. The van der Waals surface area contributed by atoms with Crippen LogP contribution in [0.3, 0.4) is 0 Å². The molecule has 0 aliphatic heterocycles. The number of carbonyl (C=O) groups excluding carboxylic acids is 1. The quantitative estimate of drug-likeness (QED) is 0.734. The highest BCUT2D eigenvalue weighted by Gasteiger charge is 2.34. The van der Waals surface area contributed by atoms with E-state index in [1.54, 1.807) is 0 Å². The summed E-state index contributed by atoms with van der Waals surface area (Å²) in [5, 5.41) is 7.69. The zero-order valence-electron chi connectivity index (χ0n) is 9.62. The number of aromatic amines is 1. The maximum Gasteiger partial charge on any atom is 0.419 e. The van der Waals surface area contributed by atoms with Crippen LogP contribution < -0.4 is 11.1 Å². The van der Waals surface area contributed by atoms with Gasteiger partial charge in [0.05, 0.1) is 5.56 Å². The van der Waals surface area contributed by atoms with E-state index in [1.165, 1.54) is 0 Å². The van der Waals surface area contributed by atoms with Gasteiger partial charge in [-0.2, -0.15) is 18.2 Å². The number of anilines is 2. The van der Waals surface area contributed by atoms with E-state index in [1.807, 2.05) is 0 Å². The van der Waals surface area contributed by atoms with Crippen molar-refractivity contribution >= 4 is 17.5 Å². The molecule has 0 spiro atoms. The summed E-state index contributed by atoms with van der Waals surface area (Å²) in [5.41, 5.74) is 3.46. The molecule has 0 bridgehead atoms. The monoisotopic (exact) mass is 289 g/mol. The lowest BCUT2D eigenvalue weighted by molar-refractivity contribution is -0.139. The molecular formula is C10H7F4N5O. The molecule has 0 aliphatic carbocycles. The summed E-state index contributed by atoms with van der Waals surface area (Å²) in [4.78, 5) is 15.1. The second-order valence-corrected chi connectivity index (χ2v) is 3.69. The van der Waals surface area contributed by atoms with Gasteiger partial charge in [0.2, 0.25) is 11.8 Å². The summed E-state index contributed by atoms with van der Waals surface area (Å²) in [6, 6.07) is 2.07. The number of halogens is 4. The number of alkyl halides is 3. The van der Waals surface area contributed by atoms with E-state index in [-0.39, 0.29) is 17.5 Å². The van der Waals surface area contributed by atoms with Crippen LogP contribution in [0.5, 0.6) is 0 Å². The van der Waals surface area contributed by atoms with Crippen molar-refractivity contribution in [3.05, 3.63) is 35.4 Å². The van der Waals surface area contributed by atoms with Gasteiger partial charge >= 0.3 is 6.18 Å². The highest BCUT2D eigenvalue weighted by Crippen LogP contribution is 2.33. The van der Waals surface area contributed by atoms with Gasteiger partial charge < -0.3 is 11.1 Å². The third-order valence-electron chi connectivity index (χ3n) is 2.25. The van der Waals surface area contributed by atoms with Gasteiger partial charge in [0.15, 0.2) is 0 Å². The molecule has 2 rings (SSSR count). The Morgan fingerprint density at radius 1 is 1.35 bits per heavy atom. The van der Waals surface area contributed by atoms with E-state index in [2.05, 4.69) is 20.5 Å². The largest absolute Gasteiger partial charge is 0.419 e. The molecule has 1 aromatic heterocycles. The first-order valence-corrected chi connectivity index (χ1v) is 5.13. The molecule has 1 amide bonds. The van der Waals surface area contributed by atoms with Gasteiger partial charge in [-0.1, -0.05) is 0 Å². The molecule has 10 heteroatoms. The molecule has 0 fully saturated rings. The van der Waals surface area contributed by atoms with Gasteiger partial charge in [-0.3, -0.25) is 9.89 Å². The van der Waals surface area contributed by atoms with E-state index >= 15 is 0 Å². The predicted molar refractivity (Wildman–Crippen MR) is 60.2 cm³/mol. The highest BCUT2D eigenvalue weighted by molar-refractivity contribution is 6.01. The van der Waals surface area contributed by atoms with E-state index in [0.29, 0.717) is 12.1 Å². The van der Waals surface area contributed by atoms with Crippen molar-refractivity contribution in [1.82, 2.24) is 15.2 Å². The van der Waals surface area contributed by atoms with Crippen LogP contribution in [0.1, 0.15) is 16.2 Å². The second kappa shape index (κ2) is 4.79. The number of benzene rings is 1. The van der Waals surface area contributed by atoms with Crippen LogP contribution in [0, 0.1) is 5.82 Å². The van der Waals surface area contributed by atoms with Crippen molar-refractivity contribution in [2.24, 2.45) is 0 Å². The van der Waals surface area contributed by atoms with Crippen LogP contribution in [-0.4, -0.2) is 21.1 Å². The van der Waals surface area contributed by atoms with Crippen molar-refractivity contribution in [2.75, 3.05) is 11.1 Å². The number of hydrogen-bond donors (Lipinski definition) is 3. The fourth-order valence-electron chi connectivity index (χ4n) is 1.39. The van der Waals surface area contributed by atoms with Gasteiger partial charge in [-0.05, 0) is 18.2 Å². The van der Waals surface area contributed by atoms with Crippen LogP contribution >= 0.6 is 0 Å². The molecule has 0 atom stereocenters. The van der Waals surface area contributed by atoms with E-state index < -0.39 is 23.5 Å². The van der Waals surface area contributed by atoms with Crippen molar-refractivity contribution in [1.29, 1.82) is 0 Å². The topological polar surface area (TPSA) is 96.7 Å². The summed E-state index contributed by atoms with van der Waals surface area (Å²) < 4.78 is 50.5. The molecular weight excluding hydrogens is 282 g/mol. The first-order valence-electron chi connectivity index (χ1n) is 5.13. The van der Waals surface area contributed by atoms with Crippen molar-refractivity contribution in [2.45, 2.75) is 6.18 Å². The number of hydrogen-bond acceptors (Lipinski definition) is 4. The summed E-state index contributed by atoms with van der Waals surface area (Å²) >= 11 is 0. The SMILES string of the molecule is Nc1n[nH]c(C(=O)Nc2ccc(F)c(C(F)(F)F)c2)n1. The number of carbonyl (C=O) groups is 1. The third kappa shape index (κ3) is 2.84. The molecule has 6 nitrogen and oxygen atoms in total. The lowest BCUT2D eigenvalue weighted by Crippen LogP contribution is -2.15. The Morgan fingerprint density at radius 3 is 2.60 bits per heavy atom. The molecule has 4 N–H and O–H groups in total. The Morgan fingerprint density at radius 2 is 2.05 bits per heavy atom. The minimum Gasteiger partial charge on any atom is -0.366 e. The summed E-state index contributed by atoms with van der Waals surface area (Å²) in [5.74, 6) is -2.75. The Kier molecular flexibility index (Phi) is 3.30. The molecule has 0 aliphatic rings. The average molecular weight is 289 g/mol. The number of amides is 1. The van der Waals surface area contributed by atoms with Gasteiger partial charge in [0.25, 0.3) is 5.91 Å². The standard InChI is InChI=1S/C10H7F4N5O/c11-6-2-1-4(3-5(6)10(12,13)14)16-8(20)7-17-9(15)19-18-7/h1-3H,(H,16,20)(H3,15,17,18,19). The van der Waals surface area contributed by atoms with Gasteiger partial charge in [-0.25, -0.2) is 4.39 Å². The predicted octanol–water partition coefficient (Wildman–Crippen LogP) is 1.80. The number of nitrogen functional groups attached to an aromatic ring is 1. The summed E-state index contributed by atoms with van der Waals surface area (Å²) in [6.07, 6.45) is -4.86. The number of nitrogens with two attached hydrogens (primary N) is 1. The molecule has 0 unspecified atom stereocenters. The molecule has 1 heterocycles. The van der Waals surface area contributed by atoms with Crippen LogP contribution in [0.15, 0.2) is 18.2 Å². The smallest absolute Gasteiger partial charge is 0.366 e. The maximum atomic E-state index is 13.1.